The highest BCUT2D eigenvalue weighted by atomic mass is 35.5. The molecule has 0 aliphatic rings. The molecule has 0 unspecified atom stereocenters. The lowest BCUT2D eigenvalue weighted by molar-refractivity contribution is -0.140. The van der Waals surface area contributed by atoms with Gasteiger partial charge in [0.1, 0.15) is 18.4 Å². The van der Waals surface area contributed by atoms with Crippen LogP contribution in [0.3, 0.4) is 0 Å². The first-order valence-corrected chi connectivity index (χ1v) is 15.5. The number of carbonyl (C=O) groups excluding carboxylic acids is 2. The Bertz CT molecular complexity index is 1430. The minimum absolute atomic E-state index is 0.116. The molecule has 2 amide bonds. The van der Waals surface area contributed by atoms with Crippen molar-refractivity contribution in [1.82, 2.24) is 10.2 Å². The van der Waals surface area contributed by atoms with E-state index in [2.05, 4.69) is 5.32 Å². The van der Waals surface area contributed by atoms with Crippen molar-refractivity contribution in [3.63, 3.8) is 0 Å². The SMILES string of the molecule is CCCCNC(=O)[C@@H](CC)N(Cc1c(Cl)cccc1Cl)C(=O)CN(c1ccc(C)cc1)S(=O)(=O)c1ccc(F)cc1. The van der Waals surface area contributed by atoms with Gasteiger partial charge in [-0.1, -0.05) is 67.2 Å². The van der Waals surface area contributed by atoms with Crippen molar-refractivity contribution in [2.24, 2.45) is 0 Å². The van der Waals surface area contributed by atoms with Crippen molar-refractivity contribution in [2.75, 3.05) is 17.4 Å². The second-order valence-electron chi connectivity index (χ2n) is 9.59. The molecule has 0 saturated heterocycles. The summed E-state index contributed by atoms with van der Waals surface area (Å²) in [6.45, 7) is 5.32. The van der Waals surface area contributed by atoms with Crippen molar-refractivity contribution >= 4 is 50.7 Å². The molecule has 3 rings (SSSR count). The van der Waals surface area contributed by atoms with E-state index in [4.69, 9.17) is 23.2 Å². The lowest BCUT2D eigenvalue weighted by atomic mass is 10.1. The number of hydrogen-bond donors (Lipinski definition) is 1. The Morgan fingerprint density at radius 2 is 1.56 bits per heavy atom. The maximum Gasteiger partial charge on any atom is 0.264 e. The molecule has 0 bridgehead atoms. The monoisotopic (exact) mass is 621 g/mol. The van der Waals surface area contributed by atoms with E-state index in [0.29, 0.717) is 22.2 Å². The van der Waals surface area contributed by atoms with Gasteiger partial charge >= 0.3 is 0 Å². The smallest absolute Gasteiger partial charge is 0.264 e. The first-order valence-electron chi connectivity index (χ1n) is 13.3. The summed E-state index contributed by atoms with van der Waals surface area (Å²) in [6.07, 6.45) is 1.91. The van der Waals surface area contributed by atoms with Gasteiger partial charge in [0, 0.05) is 28.7 Å². The molecule has 0 aromatic heterocycles. The molecule has 11 heteroatoms. The van der Waals surface area contributed by atoms with Gasteiger partial charge in [0.2, 0.25) is 11.8 Å². The number of benzene rings is 3. The minimum atomic E-state index is -4.31. The Balaban J connectivity index is 2.07. The molecule has 7 nitrogen and oxygen atoms in total. The fraction of sp³-hybridized carbons (Fsp3) is 0.333. The Morgan fingerprint density at radius 3 is 2.12 bits per heavy atom. The molecule has 0 radical (unpaired) electrons. The second-order valence-corrected chi connectivity index (χ2v) is 12.3. The Kier molecular flexibility index (Phi) is 11.6. The molecule has 1 N–H and O–H groups in total. The number of nitrogens with zero attached hydrogens (tertiary/aromatic N) is 2. The lowest BCUT2D eigenvalue weighted by Crippen LogP contribution is -2.52. The molecule has 0 saturated carbocycles. The number of carbonyl (C=O) groups is 2. The average molecular weight is 623 g/mol. The standard InChI is InChI=1S/C30H34Cl2FN3O4S/c1-4-6-18-34-30(38)28(5-2)35(19-25-26(31)8-7-9-27(25)32)29(37)20-36(23-14-10-21(3)11-15-23)41(39,40)24-16-12-22(33)13-17-24/h7-17,28H,4-6,18-20H2,1-3H3,(H,34,38)/t28-/m1/s1. The van der Waals surface area contributed by atoms with Gasteiger partial charge in [0.05, 0.1) is 10.6 Å². The number of nitrogens with one attached hydrogen (secondary N) is 1. The molecule has 0 spiro atoms. The summed E-state index contributed by atoms with van der Waals surface area (Å²) in [5.41, 5.74) is 1.57. The van der Waals surface area contributed by atoms with E-state index in [1.54, 1.807) is 49.4 Å². The summed E-state index contributed by atoms with van der Waals surface area (Å²) in [7, 11) is -4.31. The molecule has 41 heavy (non-hydrogen) atoms. The van der Waals surface area contributed by atoms with Crippen LogP contribution < -0.4 is 9.62 Å². The summed E-state index contributed by atoms with van der Waals surface area (Å²) >= 11 is 12.9. The Labute approximate surface area is 251 Å². The van der Waals surface area contributed by atoms with Crippen molar-refractivity contribution in [1.29, 1.82) is 0 Å². The van der Waals surface area contributed by atoms with Gasteiger partial charge in [-0.2, -0.15) is 0 Å². The number of halogens is 3. The summed E-state index contributed by atoms with van der Waals surface area (Å²) < 4.78 is 42.2. The number of anilines is 1. The molecular formula is C30H34Cl2FN3O4S. The van der Waals surface area contributed by atoms with E-state index in [1.165, 1.54) is 4.90 Å². The number of rotatable bonds is 13. The molecule has 0 aliphatic carbocycles. The maximum atomic E-state index is 14.1. The normalized spacial score (nSPS) is 12.0. The number of amides is 2. The fourth-order valence-corrected chi connectivity index (χ4v) is 6.18. The van der Waals surface area contributed by atoms with Crippen molar-refractivity contribution < 1.29 is 22.4 Å². The lowest BCUT2D eigenvalue weighted by Gasteiger charge is -2.33. The van der Waals surface area contributed by atoms with Crippen LogP contribution in [0.15, 0.2) is 71.6 Å². The third kappa shape index (κ3) is 8.21. The zero-order chi connectivity index (χ0) is 30.2. The Hall–Kier alpha value is -3.14. The van der Waals surface area contributed by atoms with Crippen LogP contribution in [0.25, 0.3) is 0 Å². The molecule has 0 heterocycles. The van der Waals surface area contributed by atoms with Crippen LogP contribution in [-0.4, -0.2) is 44.3 Å². The summed E-state index contributed by atoms with van der Waals surface area (Å²) in [5.74, 6) is -1.59. The highest BCUT2D eigenvalue weighted by Crippen LogP contribution is 2.29. The third-order valence-electron chi connectivity index (χ3n) is 6.61. The highest BCUT2D eigenvalue weighted by molar-refractivity contribution is 7.92. The van der Waals surface area contributed by atoms with Crippen LogP contribution in [-0.2, 0) is 26.2 Å². The molecule has 3 aromatic rings. The van der Waals surface area contributed by atoms with Crippen molar-refractivity contribution in [3.05, 3.63) is 93.7 Å². The maximum absolute atomic E-state index is 14.1. The van der Waals surface area contributed by atoms with Gasteiger partial charge in [0.25, 0.3) is 10.0 Å². The number of unbranched alkanes of at least 4 members (excludes halogenated alkanes) is 1. The van der Waals surface area contributed by atoms with E-state index < -0.39 is 34.3 Å². The van der Waals surface area contributed by atoms with Gasteiger partial charge in [-0.3, -0.25) is 13.9 Å². The predicted octanol–water partition coefficient (Wildman–Crippen LogP) is 6.36. The summed E-state index contributed by atoms with van der Waals surface area (Å²) in [5, 5.41) is 3.49. The van der Waals surface area contributed by atoms with Crippen LogP contribution in [0.5, 0.6) is 0 Å². The zero-order valence-electron chi connectivity index (χ0n) is 23.2. The molecule has 220 valence electrons. The first kappa shape index (κ1) is 32.4. The average Bonchev–Trinajstić information content (AvgIpc) is 2.94. The first-order chi connectivity index (χ1) is 19.5. The van der Waals surface area contributed by atoms with Gasteiger partial charge in [-0.15, -0.1) is 0 Å². The van der Waals surface area contributed by atoms with Crippen LogP contribution in [0.2, 0.25) is 10.0 Å². The van der Waals surface area contributed by atoms with Crippen LogP contribution >= 0.6 is 23.2 Å². The van der Waals surface area contributed by atoms with Crippen molar-refractivity contribution in [2.45, 2.75) is 57.5 Å². The molecule has 0 aliphatic heterocycles. The quantitative estimate of drug-likeness (QED) is 0.225. The molecule has 1 atom stereocenters. The summed E-state index contributed by atoms with van der Waals surface area (Å²) in [4.78, 5) is 28.5. The molecule has 0 fully saturated rings. The van der Waals surface area contributed by atoms with Gasteiger partial charge in [-0.05, 0) is 68.3 Å². The Morgan fingerprint density at radius 1 is 0.951 bits per heavy atom. The van der Waals surface area contributed by atoms with Gasteiger partial charge in [0.15, 0.2) is 0 Å². The number of aryl methyl sites for hydroxylation is 1. The zero-order valence-corrected chi connectivity index (χ0v) is 25.6. The van der Waals surface area contributed by atoms with E-state index in [9.17, 15) is 22.4 Å². The minimum Gasteiger partial charge on any atom is -0.354 e. The van der Waals surface area contributed by atoms with Crippen LogP contribution in [0, 0.1) is 12.7 Å². The molecule has 3 aromatic carbocycles. The van der Waals surface area contributed by atoms with Gasteiger partial charge in [-0.25, -0.2) is 12.8 Å². The molecular weight excluding hydrogens is 588 g/mol. The highest BCUT2D eigenvalue weighted by Gasteiger charge is 2.34. The van der Waals surface area contributed by atoms with Crippen LogP contribution in [0.4, 0.5) is 10.1 Å². The van der Waals surface area contributed by atoms with E-state index >= 15 is 0 Å². The van der Waals surface area contributed by atoms with Crippen molar-refractivity contribution in [3.8, 4) is 0 Å². The van der Waals surface area contributed by atoms with E-state index in [-0.39, 0.29) is 29.5 Å². The fourth-order valence-electron chi connectivity index (χ4n) is 4.25. The third-order valence-corrected chi connectivity index (χ3v) is 9.10. The number of hydrogen-bond acceptors (Lipinski definition) is 4. The van der Waals surface area contributed by atoms with Crippen LogP contribution in [0.1, 0.15) is 44.2 Å². The van der Waals surface area contributed by atoms with E-state index in [0.717, 1.165) is 47.0 Å². The topological polar surface area (TPSA) is 86.8 Å². The number of sulfonamides is 1. The largest absolute Gasteiger partial charge is 0.354 e. The van der Waals surface area contributed by atoms with Gasteiger partial charge < -0.3 is 10.2 Å². The predicted molar refractivity (Wildman–Crippen MR) is 161 cm³/mol. The second kappa shape index (κ2) is 14.7. The summed E-state index contributed by atoms with van der Waals surface area (Å²) in [6, 6.07) is 15.0. The van der Waals surface area contributed by atoms with E-state index in [1.807, 2.05) is 13.8 Å².